The third-order valence-corrected chi connectivity index (χ3v) is 5.20. The fraction of sp³-hybridized carbons (Fsp3) is 0.364. The standard InChI is InChI=1S/C22H22F6N4O3/c1-10(2)31-12(4)30-32(21(31)34)17-9-18(35-11(3)22(26,27)28)13(8-16(17)25)20(33)29-19-14(23)6-5-7-15(19)24/h5-12,30H,1-4H3,(H,29,33)/t11-,12?/m0/s1. The van der Waals surface area contributed by atoms with Crippen LogP contribution in [0.5, 0.6) is 5.75 Å². The first-order valence-electron chi connectivity index (χ1n) is 10.4. The van der Waals surface area contributed by atoms with E-state index in [1.165, 1.54) is 4.90 Å². The van der Waals surface area contributed by atoms with Crippen LogP contribution < -0.4 is 20.5 Å². The van der Waals surface area contributed by atoms with Crippen molar-refractivity contribution in [3.63, 3.8) is 0 Å². The van der Waals surface area contributed by atoms with E-state index < -0.39 is 70.5 Å². The molecule has 0 spiro atoms. The van der Waals surface area contributed by atoms with Crippen LogP contribution in [-0.4, -0.2) is 41.3 Å². The summed E-state index contributed by atoms with van der Waals surface area (Å²) >= 11 is 0. The zero-order valence-electron chi connectivity index (χ0n) is 19.0. The van der Waals surface area contributed by atoms with Crippen LogP contribution in [0.3, 0.4) is 0 Å². The second-order valence-electron chi connectivity index (χ2n) is 8.08. The van der Waals surface area contributed by atoms with E-state index in [1.54, 1.807) is 20.8 Å². The zero-order chi connectivity index (χ0) is 26.2. The van der Waals surface area contributed by atoms with Gasteiger partial charge in [0.2, 0.25) is 0 Å². The monoisotopic (exact) mass is 504 g/mol. The molecule has 3 rings (SSSR count). The highest BCUT2D eigenvalue weighted by Crippen LogP contribution is 2.35. The van der Waals surface area contributed by atoms with Gasteiger partial charge in [-0.15, -0.1) is 0 Å². The number of hydrogen-bond donors (Lipinski definition) is 2. The molecule has 1 unspecified atom stereocenters. The Hall–Kier alpha value is -3.48. The quantitative estimate of drug-likeness (QED) is 0.532. The lowest BCUT2D eigenvalue weighted by Gasteiger charge is -2.24. The number of rotatable bonds is 6. The molecular weight excluding hydrogens is 482 g/mol. The van der Waals surface area contributed by atoms with Crippen molar-refractivity contribution in [1.29, 1.82) is 0 Å². The Kier molecular flexibility index (Phi) is 7.20. The summed E-state index contributed by atoms with van der Waals surface area (Å²) in [7, 11) is 0. The van der Waals surface area contributed by atoms with E-state index >= 15 is 4.39 Å². The second-order valence-corrected chi connectivity index (χ2v) is 8.08. The van der Waals surface area contributed by atoms with Crippen LogP contribution in [-0.2, 0) is 0 Å². The molecular formula is C22H22F6N4O3. The Labute approximate surface area is 196 Å². The maximum absolute atomic E-state index is 15.1. The van der Waals surface area contributed by atoms with Crippen LogP contribution in [0, 0.1) is 17.5 Å². The summed E-state index contributed by atoms with van der Waals surface area (Å²) in [4.78, 5) is 26.9. The van der Waals surface area contributed by atoms with Gasteiger partial charge in [0.25, 0.3) is 5.91 Å². The topological polar surface area (TPSA) is 73.9 Å². The Morgan fingerprint density at radius 3 is 2.20 bits per heavy atom. The van der Waals surface area contributed by atoms with Crippen molar-refractivity contribution in [3.8, 4) is 5.75 Å². The van der Waals surface area contributed by atoms with E-state index in [9.17, 15) is 31.5 Å². The van der Waals surface area contributed by atoms with Crippen LogP contribution in [0.15, 0.2) is 30.3 Å². The third kappa shape index (κ3) is 5.29. The predicted octanol–water partition coefficient (Wildman–Crippen LogP) is 5.19. The molecule has 1 aliphatic heterocycles. The molecule has 1 fully saturated rings. The van der Waals surface area contributed by atoms with Crippen molar-refractivity contribution in [1.82, 2.24) is 10.3 Å². The molecule has 2 atom stereocenters. The minimum Gasteiger partial charge on any atom is -0.480 e. The SMILES string of the molecule is CC(C)N1C(=O)N(c2cc(O[C@@H](C)C(F)(F)F)c(C(=O)Nc3c(F)cccc3F)cc2F)NC1C. The molecule has 13 heteroatoms. The first kappa shape index (κ1) is 26.1. The molecule has 2 N–H and O–H groups in total. The number of ether oxygens (including phenoxy) is 1. The maximum atomic E-state index is 15.1. The van der Waals surface area contributed by atoms with Crippen LogP contribution in [0.1, 0.15) is 38.1 Å². The maximum Gasteiger partial charge on any atom is 0.425 e. The van der Waals surface area contributed by atoms with Gasteiger partial charge in [0.15, 0.2) is 6.10 Å². The van der Waals surface area contributed by atoms with Crippen molar-refractivity contribution in [2.75, 3.05) is 10.3 Å². The number of carbonyl (C=O) groups is 2. The van der Waals surface area contributed by atoms with Gasteiger partial charge >= 0.3 is 12.2 Å². The Bertz CT molecular complexity index is 1120. The fourth-order valence-corrected chi connectivity index (χ4v) is 3.47. The largest absolute Gasteiger partial charge is 0.480 e. The van der Waals surface area contributed by atoms with E-state index in [0.717, 1.165) is 29.3 Å². The minimum atomic E-state index is -4.86. The molecule has 0 aliphatic carbocycles. The number of amides is 3. The fourth-order valence-electron chi connectivity index (χ4n) is 3.47. The lowest BCUT2D eigenvalue weighted by molar-refractivity contribution is -0.189. The molecule has 3 amide bonds. The molecule has 2 aromatic carbocycles. The first-order valence-corrected chi connectivity index (χ1v) is 10.4. The summed E-state index contributed by atoms with van der Waals surface area (Å²) < 4.78 is 87.4. The number of alkyl halides is 3. The molecule has 1 aliphatic rings. The summed E-state index contributed by atoms with van der Waals surface area (Å²) in [6.07, 6.45) is -7.87. The molecule has 35 heavy (non-hydrogen) atoms. The first-order chi connectivity index (χ1) is 16.2. The van der Waals surface area contributed by atoms with Gasteiger partial charge < -0.3 is 15.0 Å². The van der Waals surface area contributed by atoms with Crippen molar-refractivity contribution in [3.05, 3.63) is 53.3 Å². The summed E-state index contributed by atoms with van der Waals surface area (Å²) in [6.45, 7) is 5.70. The van der Waals surface area contributed by atoms with Crippen molar-refractivity contribution < 1.29 is 40.7 Å². The Balaban J connectivity index is 2.06. The van der Waals surface area contributed by atoms with E-state index in [4.69, 9.17) is 4.74 Å². The van der Waals surface area contributed by atoms with E-state index in [2.05, 4.69) is 5.43 Å². The van der Waals surface area contributed by atoms with Crippen LogP contribution >= 0.6 is 0 Å². The number of hydrazine groups is 1. The normalized spacial score (nSPS) is 17.2. The lowest BCUT2D eigenvalue weighted by atomic mass is 10.1. The molecule has 0 bridgehead atoms. The Morgan fingerprint density at radius 1 is 1.09 bits per heavy atom. The number of benzene rings is 2. The number of halogens is 6. The molecule has 1 saturated heterocycles. The highest BCUT2D eigenvalue weighted by atomic mass is 19.4. The molecule has 2 aromatic rings. The summed E-state index contributed by atoms with van der Waals surface area (Å²) in [5.41, 5.74) is 0.535. The highest BCUT2D eigenvalue weighted by molar-refractivity contribution is 6.07. The number of nitrogens with zero attached hydrogens (tertiary/aromatic N) is 2. The molecule has 0 radical (unpaired) electrons. The van der Waals surface area contributed by atoms with Gasteiger partial charge in [-0.2, -0.15) is 13.2 Å². The van der Waals surface area contributed by atoms with Crippen LogP contribution in [0.25, 0.3) is 0 Å². The molecule has 0 aromatic heterocycles. The summed E-state index contributed by atoms with van der Waals surface area (Å²) in [6, 6.07) is 3.02. The average Bonchev–Trinajstić information content (AvgIpc) is 3.04. The van der Waals surface area contributed by atoms with Crippen molar-refractivity contribution in [2.24, 2.45) is 0 Å². The van der Waals surface area contributed by atoms with E-state index in [0.29, 0.717) is 13.0 Å². The van der Waals surface area contributed by atoms with Crippen molar-refractivity contribution in [2.45, 2.75) is 52.2 Å². The lowest BCUT2D eigenvalue weighted by Crippen LogP contribution is -2.39. The van der Waals surface area contributed by atoms with E-state index in [-0.39, 0.29) is 6.04 Å². The third-order valence-electron chi connectivity index (χ3n) is 5.20. The second kappa shape index (κ2) is 9.64. The predicted molar refractivity (Wildman–Crippen MR) is 114 cm³/mol. The highest BCUT2D eigenvalue weighted by Gasteiger charge is 2.41. The average molecular weight is 504 g/mol. The van der Waals surface area contributed by atoms with Gasteiger partial charge in [-0.05, 0) is 45.9 Å². The Morgan fingerprint density at radius 2 is 1.69 bits per heavy atom. The van der Waals surface area contributed by atoms with Gasteiger partial charge in [-0.25, -0.2) is 28.4 Å². The number of urea groups is 1. The van der Waals surface area contributed by atoms with Gasteiger partial charge in [-0.3, -0.25) is 4.79 Å². The summed E-state index contributed by atoms with van der Waals surface area (Å²) in [5, 5.41) is 2.66. The number of anilines is 2. The molecule has 0 saturated carbocycles. The minimum absolute atomic E-state index is 0.292. The van der Waals surface area contributed by atoms with Gasteiger partial charge in [-0.1, -0.05) is 6.07 Å². The van der Waals surface area contributed by atoms with Gasteiger partial charge in [0.05, 0.1) is 11.7 Å². The molecule has 190 valence electrons. The van der Waals surface area contributed by atoms with E-state index in [1.807, 2.05) is 5.32 Å². The summed E-state index contributed by atoms with van der Waals surface area (Å²) in [5.74, 6) is -5.57. The van der Waals surface area contributed by atoms with Crippen molar-refractivity contribution >= 4 is 23.3 Å². The smallest absolute Gasteiger partial charge is 0.425 e. The number of hydrogen-bond acceptors (Lipinski definition) is 4. The molecule has 1 heterocycles. The zero-order valence-corrected chi connectivity index (χ0v) is 19.0. The number of nitrogens with one attached hydrogen (secondary N) is 2. The van der Waals surface area contributed by atoms with Crippen LogP contribution in [0.4, 0.5) is 42.5 Å². The number of para-hydroxylation sites is 1. The van der Waals surface area contributed by atoms with Gasteiger partial charge in [0, 0.05) is 12.1 Å². The number of carbonyl (C=O) groups excluding carboxylic acids is 2. The molecule has 7 nitrogen and oxygen atoms in total. The van der Waals surface area contributed by atoms with Gasteiger partial charge in [0.1, 0.15) is 34.6 Å². The van der Waals surface area contributed by atoms with Crippen LogP contribution in [0.2, 0.25) is 0 Å².